The Hall–Kier alpha value is -0.610. The summed E-state index contributed by atoms with van der Waals surface area (Å²) in [4.78, 5) is 17.0. The van der Waals surface area contributed by atoms with E-state index >= 15 is 0 Å². The first-order chi connectivity index (χ1) is 6.86. The number of carbonyl (C=O) groups is 1. The zero-order chi connectivity index (χ0) is 9.80. The van der Waals surface area contributed by atoms with Crippen molar-refractivity contribution in [1.82, 2.24) is 10.4 Å². The molecule has 2 aliphatic rings. The van der Waals surface area contributed by atoms with Crippen LogP contribution in [0.4, 0.5) is 0 Å². The van der Waals surface area contributed by atoms with Gasteiger partial charge in [0, 0.05) is 13.0 Å². The van der Waals surface area contributed by atoms with Gasteiger partial charge in [-0.15, -0.1) is 0 Å². The third-order valence-corrected chi connectivity index (χ3v) is 2.91. The first-order valence-corrected chi connectivity index (χ1v) is 5.50. The Morgan fingerprint density at radius 2 is 2.43 bits per heavy atom. The Morgan fingerprint density at radius 1 is 1.50 bits per heavy atom. The highest BCUT2D eigenvalue weighted by Gasteiger charge is 2.23. The second-order valence-corrected chi connectivity index (χ2v) is 4.10. The molecule has 0 aromatic rings. The van der Waals surface area contributed by atoms with Gasteiger partial charge in [-0.3, -0.25) is 9.63 Å². The summed E-state index contributed by atoms with van der Waals surface area (Å²) >= 11 is 0. The fourth-order valence-corrected chi connectivity index (χ4v) is 2.03. The number of hydrogen-bond donors (Lipinski definition) is 1. The van der Waals surface area contributed by atoms with E-state index < -0.39 is 0 Å². The molecule has 0 aromatic carbocycles. The summed E-state index contributed by atoms with van der Waals surface area (Å²) in [5, 5.41) is 4.83. The van der Waals surface area contributed by atoms with E-state index in [-0.39, 0.29) is 5.91 Å². The predicted octanol–water partition coefficient (Wildman–Crippen LogP) is 0.540. The monoisotopic (exact) mass is 198 g/mol. The maximum Gasteiger partial charge on any atom is 0.246 e. The van der Waals surface area contributed by atoms with Crippen molar-refractivity contribution in [2.24, 2.45) is 5.92 Å². The summed E-state index contributed by atoms with van der Waals surface area (Å²) in [7, 11) is 0. The lowest BCUT2D eigenvalue weighted by Gasteiger charge is -2.26. The molecule has 1 N–H and O–H groups in total. The van der Waals surface area contributed by atoms with Crippen LogP contribution in [0.15, 0.2) is 0 Å². The number of hydroxylamine groups is 2. The molecule has 1 amide bonds. The zero-order valence-corrected chi connectivity index (χ0v) is 8.50. The largest absolute Gasteiger partial charge is 0.316 e. The van der Waals surface area contributed by atoms with Crippen molar-refractivity contribution < 1.29 is 9.63 Å². The molecule has 1 atom stereocenters. The van der Waals surface area contributed by atoms with Gasteiger partial charge >= 0.3 is 0 Å². The molecular formula is C10H18N2O2. The predicted molar refractivity (Wildman–Crippen MR) is 52.5 cm³/mol. The van der Waals surface area contributed by atoms with E-state index in [9.17, 15) is 4.79 Å². The van der Waals surface area contributed by atoms with Gasteiger partial charge < -0.3 is 5.32 Å². The summed E-state index contributed by atoms with van der Waals surface area (Å²) in [5.41, 5.74) is 0. The van der Waals surface area contributed by atoms with Crippen molar-refractivity contribution in [1.29, 1.82) is 0 Å². The minimum atomic E-state index is 0.165. The maximum atomic E-state index is 11.7. The molecule has 0 radical (unpaired) electrons. The normalized spacial score (nSPS) is 28.0. The Bertz CT molecular complexity index is 196. The van der Waals surface area contributed by atoms with Gasteiger partial charge in [-0.25, -0.2) is 5.06 Å². The summed E-state index contributed by atoms with van der Waals surface area (Å²) in [6.45, 7) is 3.52. The van der Waals surface area contributed by atoms with E-state index in [0.717, 1.165) is 38.9 Å². The van der Waals surface area contributed by atoms with Crippen LogP contribution >= 0.6 is 0 Å². The van der Waals surface area contributed by atoms with Crippen molar-refractivity contribution in [2.45, 2.75) is 25.7 Å². The second-order valence-electron chi connectivity index (χ2n) is 4.10. The summed E-state index contributed by atoms with van der Waals surface area (Å²) in [5.74, 6) is 0.687. The smallest absolute Gasteiger partial charge is 0.246 e. The Balaban J connectivity index is 1.75. The molecule has 2 saturated heterocycles. The number of nitrogens with one attached hydrogen (secondary N) is 1. The number of carbonyl (C=O) groups excluding carboxylic acids is 1. The van der Waals surface area contributed by atoms with E-state index in [1.54, 1.807) is 5.06 Å². The van der Waals surface area contributed by atoms with Crippen LogP contribution in [-0.2, 0) is 9.63 Å². The van der Waals surface area contributed by atoms with E-state index in [1.165, 1.54) is 0 Å². The third-order valence-electron chi connectivity index (χ3n) is 2.91. The molecule has 80 valence electrons. The molecule has 0 aliphatic carbocycles. The molecule has 0 spiro atoms. The Labute approximate surface area is 84.6 Å². The Morgan fingerprint density at radius 3 is 3.07 bits per heavy atom. The van der Waals surface area contributed by atoms with E-state index in [1.807, 2.05) is 0 Å². The maximum absolute atomic E-state index is 11.7. The van der Waals surface area contributed by atoms with Crippen LogP contribution in [0.1, 0.15) is 25.7 Å². The van der Waals surface area contributed by atoms with Crippen molar-refractivity contribution in [3.63, 3.8) is 0 Å². The average molecular weight is 198 g/mol. The van der Waals surface area contributed by atoms with Gasteiger partial charge in [0.1, 0.15) is 0 Å². The molecule has 14 heavy (non-hydrogen) atoms. The van der Waals surface area contributed by atoms with Gasteiger partial charge in [0.15, 0.2) is 0 Å². The lowest BCUT2D eigenvalue weighted by molar-refractivity contribution is -0.197. The van der Waals surface area contributed by atoms with Crippen molar-refractivity contribution in [2.75, 3.05) is 26.2 Å². The van der Waals surface area contributed by atoms with E-state index in [4.69, 9.17) is 4.84 Å². The minimum absolute atomic E-state index is 0.165. The number of amides is 1. The molecule has 4 heteroatoms. The summed E-state index contributed by atoms with van der Waals surface area (Å²) < 4.78 is 0. The second kappa shape index (κ2) is 4.75. The highest BCUT2D eigenvalue weighted by atomic mass is 16.7. The molecule has 0 aromatic heterocycles. The molecule has 2 fully saturated rings. The number of rotatable bonds is 2. The zero-order valence-electron chi connectivity index (χ0n) is 8.50. The Kier molecular flexibility index (Phi) is 3.37. The SMILES string of the molecule is O=C(CC1CCNC1)N1CCCCO1. The van der Waals surface area contributed by atoms with Crippen molar-refractivity contribution >= 4 is 5.91 Å². The molecule has 2 aliphatic heterocycles. The molecule has 1 unspecified atom stereocenters. The van der Waals surface area contributed by atoms with Crippen LogP contribution in [0.25, 0.3) is 0 Å². The number of hydrogen-bond acceptors (Lipinski definition) is 3. The highest BCUT2D eigenvalue weighted by Crippen LogP contribution is 2.15. The van der Waals surface area contributed by atoms with Crippen LogP contribution in [0.2, 0.25) is 0 Å². The highest BCUT2D eigenvalue weighted by molar-refractivity contribution is 5.75. The molecule has 0 saturated carbocycles. The van der Waals surface area contributed by atoms with Crippen LogP contribution < -0.4 is 5.32 Å². The molecular weight excluding hydrogens is 180 g/mol. The third kappa shape index (κ3) is 2.45. The van der Waals surface area contributed by atoms with Crippen LogP contribution in [0, 0.1) is 5.92 Å². The van der Waals surface area contributed by atoms with Crippen molar-refractivity contribution in [3.8, 4) is 0 Å². The first kappa shape index (κ1) is 9.93. The summed E-state index contributed by atoms with van der Waals surface area (Å²) in [6, 6.07) is 0. The minimum Gasteiger partial charge on any atom is -0.316 e. The quantitative estimate of drug-likeness (QED) is 0.704. The standard InChI is InChI=1S/C10H18N2O2/c13-10(7-9-3-4-11-8-9)12-5-1-2-6-14-12/h9,11H,1-8H2. The van der Waals surface area contributed by atoms with Crippen LogP contribution in [0.5, 0.6) is 0 Å². The van der Waals surface area contributed by atoms with Gasteiger partial charge in [-0.1, -0.05) is 0 Å². The van der Waals surface area contributed by atoms with Gasteiger partial charge in [-0.05, 0) is 38.3 Å². The molecule has 4 nitrogen and oxygen atoms in total. The molecule has 2 rings (SSSR count). The van der Waals surface area contributed by atoms with Gasteiger partial charge in [0.2, 0.25) is 5.91 Å². The average Bonchev–Trinajstić information content (AvgIpc) is 2.72. The molecule has 0 bridgehead atoms. The lowest BCUT2D eigenvalue weighted by Crippen LogP contribution is -2.36. The number of nitrogens with zero attached hydrogens (tertiary/aromatic N) is 1. The van der Waals surface area contributed by atoms with E-state index in [2.05, 4.69) is 5.32 Å². The topological polar surface area (TPSA) is 41.6 Å². The van der Waals surface area contributed by atoms with Crippen LogP contribution in [0.3, 0.4) is 0 Å². The fourth-order valence-electron chi connectivity index (χ4n) is 2.03. The van der Waals surface area contributed by atoms with Gasteiger partial charge in [-0.2, -0.15) is 0 Å². The summed E-state index contributed by atoms with van der Waals surface area (Å²) in [6.07, 6.45) is 3.93. The fraction of sp³-hybridized carbons (Fsp3) is 0.900. The van der Waals surface area contributed by atoms with E-state index in [0.29, 0.717) is 18.9 Å². The van der Waals surface area contributed by atoms with Crippen LogP contribution in [-0.4, -0.2) is 37.2 Å². The van der Waals surface area contributed by atoms with Gasteiger partial charge in [0.25, 0.3) is 0 Å². The molecule has 2 heterocycles. The first-order valence-electron chi connectivity index (χ1n) is 5.50. The lowest BCUT2D eigenvalue weighted by atomic mass is 10.0. The van der Waals surface area contributed by atoms with Crippen molar-refractivity contribution in [3.05, 3.63) is 0 Å². The van der Waals surface area contributed by atoms with Gasteiger partial charge in [0.05, 0.1) is 6.61 Å².